The van der Waals surface area contributed by atoms with Crippen molar-refractivity contribution in [3.05, 3.63) is 29.6 Å². The Morgan fingerprint density at radius 1 is 1.15 bits per heavy atom. The van der Waals surface area contributed by atoms with Gasteiger partial charge in [0.15, 0.2) is 5.60 Å². The van der Waals surface area contributed by atoms with Crippen LogP contribution >= 0.6 is 0 Å². The van der Waals surface area contributed by atoms with Gasteiger partial charge in [0.1, 0.15) is 27.3 Å². The summed E-state index contributed by atoms with van der Waals surface area (Å²) in [7, 11) is -3.11. The number of ether oxygens (including phenoxy) is 4. The zero-order chi connectivity index (χ0) is 34.9. The average molecular weight is 684 g/mol. The smallest absolute Gasteiger partial charge is 0.419 e. The summed E-state index contributed by atoms with van der Waals surface area (Å²) >= 11 is 0. The van der Waals surface area contributed by atoms with E-state index in [1.54, 1.807) is 26.8 Å². The molecule has 1 saturated carbocycles. The Morgan fingerprint density at radius 2 is 1.81 bits per heavy atom. The second-order valence-corrected chi connectivity index (χ2v) is 15.9. The maximum atomic E-state index is 15.1. The first kappa shape index (κ1) is 35.9. The number of nitrogens with zero attached hydrogens (tertiary/aromatic N) is 2. The van der Waals surface area contributed by atoms with Crippen molar-refractivity contribution in [2.24, 2.45) is 5.92 Å². The average Bonchev–Trinajstić information content (AvgIpc) is 3.49. The summed E-state index contributed by atoms with van der Waals surface area (Å²) < 4.78 is 59.6. The van der Waals surface area contributed by atoms with Crippen molar-refractivity contribution in [2.75, 3.05) is 29.7 Å². The molecule has 3 fully saturated rings. The zero-order valence-corrected chi connectivity index (χ0v) is 28.2. The number of sulfone groups is 1. The lowest BCUT2D eigenvalue weighted by atomic mass is 9.93. The minimum atomic E-state index is -3.11. The van der Waals surface area contributed by atoms with Crippen molar-refractivity contribution in [1.82, 2.24) is 10.2 Å². The lowest BCUT2D eigenvalue weighted by Gasteiger charge is -2.24. The van der Waals surface area contributed by atoms with E-state index in [0.717, 1.165) is 11.8 Å². The van der Waals surface area contributed by atoms with Gasteiger partial charge in [-0.15, -0.1) is 0 Å². The number of nitrogens with one attached hydrogen (secondary N) is 1. The molecule has 47 heavy (non-hydrogen) atoms. The molecule has 4 amide bonds. The van der Waals surface area contributed by atoms with Crippen molar-refractivity contribution in [3.8, 4) is 0 Å². The lowest BCUT2D eigenvalue weighted by molar-refractivity contribution is -0.155. The Hall–Kier alpha value is -3.95. The number of benzene rings is 1. The number of halogens is 1. The molecule has 2 unspecified atom stereocenters. The summed E-state index contributed by atoms with van der Waals surface area (Å²) in [6.07, 6.45) is -1.79. The van der Waals surface area contributed by atoms with Crippen LogP contribution in [0.25, 0.3) is 0 Å². The van der Waals surface area contributed by atoms with Crippen LogP contribution in [0.1, 0.15) is 78.7 Å². The number of carbonyl (C=O) groups is 5. The molecule has 1 N–H and O–H groups in total. The number of hydrogen-bond donors (Lipinski definition) is 1. The highest BCUT2D eigenvalue weighted by molar-refractivity contribution is 7.91. The van der Waals surface area contributed by atoms with Gasteiger partial charge < -0.3 is 24.3 Å². The SMILES string of the molecule is CC(=O)N(C(=O)OCOC(=O)[C@H](CC(C)C)NC(=O)OC(C)(C)C)C1CC12CN(c1ccc(C3CCS(=O)(=O)CC3)c(F)c1)C(=O)O2. The molecule has 1 aliphatic carbocycles. The molecule has 2 aliphatic heterocycles. The molecule has 2 saturated heterocycles. The summed E-state index contributed by atoms with van der Waals surface area (Å²) in [6, 6.07) is 2.31. The number of hydrogen-bond acceptors (Lipinski definition) is 11. The van der Waals surface area contributed by atoms with Crippen LogP contribution in [0.15, 0.2) is 18.2 Å². The molecule has 4 rings (SSSR count). The zero-order valence-electron chi connectivity index (χ0n) is 27.4. The first-order valence-electron chi connectivity index (χ1n) is 15.4. The molecule has 2 heterocycles. The van der Waals surface area contributed by atoms with Gasteiger partial charge in [-0.3, -0.25) is 9.69 Å². The van der Waals surface area contributed by atoms with E-state index in [4.69, 9.17) is 18.9 Å². The predicted molar refractivity (Wildman–Crippen MR) is 165 cm³/mol. The molecule has 0 bridgehead atoms. The molecular formula is C31H42FN3O11S. The molecule has 0 radical (unpaired) electrons. The van der Waals surface area contributed by atoms with Crippen molar-refractivity contribution in [2.45, 2.75) is 96.4 Å². The van der Waals surface area contributed by atoms with Crippen LogP contribution in [0.4, 0.5) is 24.5 Å². The first-order chi connectivity index (χ1) is 21.8. The minimum Gasteiger partial charge on any atom is -0.444 e. The van der Waals surface area contributed by atoms with E-state index in [1.165, 1.54) is 17.0 Å². The third kappa shape index (κ3) is 8.90. The van der Waals surface area contributed by atoms with Crippen LogP contribution in [0.2, 0.25) is 0 Å². The normalized spacial score (nSPS) is 22.8. The van der Waals surface area contributed by atoms with E-state index in [1.807, 2.05) is 13.8 Å². The summed E-state index contributed by atoms with van der Waals surface area (Å²) in [6.45, 7) is 8.89. The molecule has 16 heteroatoms. The van der Waals surface area contributed by atoms with E-state index in [9.17, 15) is 32.4 Å². The van der Waals surface area contributed by atoms with E-state index in [0.29, 0.717) is 18.4 Å². The highest BCUT2D eigenvalue weighted by Gasteiger charge is 2.68. The second-order valence-electron chi connectivity index (χ2n) is 13.6. The number of anilines is 1. The predicted octanol–water partition coefficient (Wildman–Crippen LogP) is 4.01. The number of imide groups is 1. The number of carbonyl (C=O) groups excluding carboxylic acids is 5. The summed E-state index contributed by atoms with van der Waals surface area (Å²) in [5.41, 5.74) is -1.46. The summed E-state index contributed by atoms with van der Waals surface area (Å²) in [4.78, 5) is 65.2. The van der Waals surface area contributed by atoms with E-state index in [-0.39, 0.29) is 48.4 Å². The van der Waals surface area contributed by atoms with Crippen LogP contribution in [0.5, 0.6) is 0 Å². The molecule has 1 spiro atoms. The van der Waals surface area contributed by atoms with Gasteiger partial charge in [0, 0.05) is 13.3 Å². The number of rotatable bonds is 9. The highest BCUT2D eigenvalue weighted by atomic mass is 32.2. The Bertz CT molecular complexity index is 1510. The van der Waals surface area contributed by atoms with Gasteiger partial charge in [0.2, 0.25) is 12.7 Å². The fourth-order valence-corrected chi connectivity index (χ4v) is 7.29. The largest absolute Gasteiger partial charge is 0.444 e. The van der Waals surface area contributed by atoms with Gasteiger partial charge >= 0.3 is 24.2 Å². The molecule has 14 nitrogen and oxygen atoms in total. The van der Waals surface area contributed by atoms with Gasteiger partial charge in [-0.05, 0) is 69.6 Å². The molecule has 3 atom stereocenters. The van der Waals surface area contributed by atoms with Gasteiger partial charge in [-0.2, -0.15) is 0 Å². The van der Waals surface area contributed by atoms with Crippen LogP contribution in [-0.2, 0) is 38.4 Å². The topological polar surface area (TPSA) is 175 Å². The summed E-state index contributed by atoms with van der Waals surface area (Å²) in [5.74, 6) is -2.44. The van der Waals surface area contributed by atoms with Crippen LogP contribution < -0.4 is 10.2 Å². The Labute approximate surface area is 273 Å². The van der Waals surface area contributed by atoms with Crippen molar-refractivity contribution < 1.29 is 55.7 Å². The maximum absolute atomic E-state index is 15.1. The molecule has 3 aliphatic rings. The van der Waals surface area contributed by atoms with Gasteiger partial charge in [-0.1, -0.05) is 19.9 Å². The number of esters is 1. The molecule has 0 aromatic heterocycles. The van der Waals surface area contributed by atoms with E-state index < -0.39 is 75.9 Å². The van der Waals surface area contributed by atoms with Crippen molar-refractivity contribution in [3.63, 3.8) is 0 Å². The van der Waals surface area contributed by atoms with Gasteiger partial charge in [-0.25, -0.2) is 36.9 Å². The van der Waals surface area contributed by atoms with Crippen LogP contribution in [0.3, 0.4) is 0 Å². The summed E-state index contributed by atoms with van der Waals surface area (Å²) in [5, 5.41) is 2.45. The molecule has 1 aromatic carbocycles. The lowest BCUT2D eigenvalue weighted by Crippen LogP contribution is -2.45. The number of amides is 4. The first-order valence-corrected chi connectivity index (χ1v) is 17.3. The van der Waals surface area contributed by atoms with Crippen LogP contribution in [-0.4, -0.2) is 91.6 Å². The fraction of sp³-hybridized carbons (Fsp3) is 0.645. The van der Waals surface area contributed by atoms with E-state index in [2.05, 4.69) is 5.32 Å². The van der Waals surface area contributed by atoms with E-state index >= 15 is 4.39 Å². The maximum Gasteiger partial charge on any atom is 0.419 e. The third-order valence-electron chi connectivity index (χ3n) is 8.13. The third-order valence-corrected chi connectivity index (χ3v) is 9.84. The Balaban J connectivity index is 1.34. The minimum absolute atomic E-state index is 0.00885. The molecular weight excluding hydrogens is 641 g/mol. The fourth-order valence-electron chi connectivity index (χ4n) is 5.80. The Morgan fingerprint density at radius 3 is 2.38 bits per heavy atom. The molecule has 260 valence electrons. The van der Waals surface area contributed by atoms with Gasteiger partial charge in [0.25, 0.3) is 0 Å². The standard InChI is InChI=1S/C31H42FN3O11S/c1-18(2)13-24(33-27(38)45-30(4,5)6)26(37)43-17-44-29(40)35(19(3)36)25-15-31(25)16-34(28(39)46-31)21-7-8-22(23(32)14-21)20-9-11-47(41,42)12-10-20/h7-8,14,18,20,24-25H,9-13,15-17H2,1-6H3,(H,33,38)/t24-,25?,31?/m0/s1. The monoisotopic (exact) mass is 683 g/mol. The van der Waals surface area contributed by atoms with Gasteiger partial charge in [0.05, 0.1) is 29.8 Å². The Kier molecular flexibility index (Phi) is 10.4. The van der Waals surface area contributed by atoms with Crippen molar-refractivity contribution in [1.29, 1.82) is 0 Å². The van der Waals surface area contributed by atoms with Crippen molar-refractivity contribution >= 4 is 45.7 Å². The molecule has 1 aromatic rings. The second kappa shape index (κ2) is 13.6. The quantitative estimate of drug-likeness (QED) is 0.226. The van der Waals surface area contributed by atoms with Crippen LogP contribution in [0, 0.1) is 11.7 Å². The number of alkyl carbamates (subject to hydrolysis) is 1. The highest BCUT2D eigenvalue weighted by Crippen LogP contribution is 2.49.